The Bertz CT molecular complexity index is 5490. The zero-order chi connectivity index (χ0) is 63.1. The standard InChI is InChI=1S/C79H37N13/c80-38-47-19-48(39-81)24-61(23-47)57-11-15-73-67(31-57)68-32-58(62-25-49(40-82)20-50(26-62)41-83)12-16-74(68)91(73)77-35-65(46-88)66(79-89-71(55-7-3-1-4-8-55)37-72(90-79)56-9-5-2-6-10-56)36-78(77)92-75-17-13-59(63-27-51(42-84)21-52(28-63)43-85)33-69(75)70-34-60(14-18-76(70)92)64-29-53(44-86)22-54(30-64)45-87/h1-37H. The highest BCUT2D eigenvalue weighted by Crippen LogP contribution is 2.45. The molecule has 11 aromatic carbocycles. The highest BCUT2D eigenvalue weighted by Gasteiger charge is 2.26. The first kappa shape index (κ1) is 55.4. The monoisotopic (exact) mass is 1170 g/mol. The molecule has 0 aliphatic heterocycles. The van der Waals surface area contributed by atoms with Gasteiger partial charge in [0.2, 0.25) is 0 Å². The molecule has 0 aliphatic rings. The van der Waals surface area contributed by atoms with Crippen LogP contribution in [0.4, 0.5) is 0 Å². The van der Waals surface area contributed by atoms with Crippen LogP contribution in [0.1, 0.15) is 50.1 Å². The van der Waals surface area contributed by atoms with Crippen molar-refractivity contribution < 1.29 is 0 Å². The number of aromatic nitrogens is 4. The lowest BCUT2D eigenvalue weighted by Crippen LogP contribution is -2.06. The summed E-state index contributed by atoms with van der Waals surface area (Å²) in [6, 6.07) is 89.2. The Balaban J connectivity index is 1.13. The highest BCUT2D eigenvalue weighted by molar-refractivity contribution is 6.14. The molecule has 0 fully saturated rings. The molecule has 14 rings (SSSR count). The number of fused-ring (bicyclic) bond motifs is 6. The van der Waals surface area contributed by atoms with Gasteiger partial charge in [0.15, 0.2) is 5.82 Å². The van der Waals surface area contributed by atoms with Crippen LogP contribution < -0.4 is 0 Å². The molecule has 92 heavy (non-hydrogen) atoms. The second-order valence-corrected chi connectivity index (χ2v) is 21.9. The molecule has 0 radical (unpaired) electrons. The summed E-state index contributed by atoms with van der Waals surface area (Å²) in [6.07, 6.45) is 0. The normalized spacial score (nSPS) is 10.7. The summed E-state index contributed by atoms with van der Waals surface area (Å²) in [4.78, 5) is 10.5. The van der Waals surface area contributed by atoms with Crippen LogP contribution in [0.3, 0.4) is 0 Å². The summed E-state index contributed by atoms with van der Waals surface area (Å²) in [5.74, 6) is 0.278. The van der Waals surface area contributed by atoms with Gasteiger partial charge in [-0.05, 0) is 184 Å². The molecule has 13 heteroatoms. The van der Waals surface area contributed by atoms with Crippen molar-refractivity contribution in [3.8, 4) is 144 Å². The second kappa shape index (κ2) is 22.7. The van der Waals surface area contributed by atoms with Gasteiger partial charge in [0.1, 0.15) is 0 Å². The number of nitriles is 9. The van der Waals surface area contributed by atoms with Gasteiger partial charge in [0.05, 0.1) is 150 Å². The lowest BCUT2D eigenvalue weighted by Gasteiger charge is -2.20. The Labute approximate surface area is 526 Å². The summed E-state index contributed by atoms with van der Waals surface area (Å²) >= 11 is 0. The minimum absolute atomic E-state index is 0.243. The third-order valence-corrected chi connectivity index (χ3v) is 16.5. The van der Waals surface area contributed by atoms with E-state index in [4.69, 9.17) is 9.97 Å². The minimum atomic E-state index is 0.243. The van der Waals surface area contributed by atoms with Crippen LogP contribution in [0.15, 0.2) is 224 Å². The second-order valence-electron chi connectivity index (χ2n) is 21.9. The van der Waals surface area contributed by atoms with E-state index in [-0.39, 0.29) is 11.4 Å². The maximum Gasteiger partial charge on any atom is 0.161 e. The van der Waals surface area contributed by atoms with E-state index in [0.717, 1.165) is 32.7 Å². The molecule has 14 aromatic rings. The molecule has 0 atom stereocenters. The van der Waals surface area contributed by atoms with Gasteiger partial charge in [0.25, 0.3) is 0 Å². The maximum absolute atomic E-state index is 11.7. The van der Waals surface area contributed by atoms with E-state index in [2.05, 4.69) is 63.8 Å². The first-order valence-electron chi connectivity index (χ1n) is 28.7. The number of hydrogen-bond donors (Lipinski definition) is 0. The maximum atomic E-state index is 11.7. The summed E-state index contributed by atoms with van der Waals surface area (Å²) in [6.45, 7) is 0. The van der Waals surface area contributed by atoms with Crippen molar-refractivity contribution in [2.24, 2.45) is 0 Å². The number of benzene rings is 11. The van der Waals surface area contributed by atoms with E-state index < -0.39 is 0 Å². The van der Waals surface area contributed by atoms with Crippen molar-refractivity contribution in [2.45, 2.75) is 0 Å². The van der Waals surface area contributed by atoms with E-state index >= 15 is 0 Å². The fraction of sp³-hybridized carbons (Fsp3) is 0. The molecule has 0 bridgehead atoms. The fourth-order valence-corrected chi connectivity index (χ4v) is 12.3. The Morgan fingerprint density at radius 3 is 0.793 bits per heavy atom. The molecule has 0 N–H and O–H groups in total. The van der Waals surface area contributed by atoms with Gasteiger partial charge in [-0.25, -0.2) is 9.97 Å². The van der Waals surface area contributed by atoms with Crippen LogP contribution in [-0.4, -0.2) is 19.1 Å². The third kappa shape index (κ3) is 9.74. The van der Waals surface area contributed by atoms with E-state index in [1.165, 1.54) is 12.1 Å². The van der Waals surface area contributed by atoms with E-state index in [0.29, 0.717) is 139 Å². The molecule has 418 valence electrons. The van der Waals surface area contributed by atoms with Crippen molar-refractivity contribution >= 4 is 43.6 Å². The zero-order valence-electron chi connectivity index (χ0n) is 48.2. The number of hydrogen-bond acceptors (Lipinski definition) is 11. The van der Waals surface area contributed by atoms with Gasteiger partial charge in [-0.3, -0.25) is 0 Å². The van der Waals surface area contributed by atoms with Gasteiger partial charge >= 0.3 is 0 Å². The van der Waals surface area contributed by atoms with E-state index in [1.807, 2.05) is 152 Å². The summed E-state index contributed by atoms with van der Waals surface area (Å²) < 4.78 is 4.23. The van der Waals surface area contributed by atoms with Crippen molar-refractivity contribution in [2.75, 3.05) is 0 Å². The van der Waals surface area contributed by atoms with Gasteiger partial charge in [-0.15, -0.1) is 0 Å². The van der Waals surface area contributed by atoms with Gasteiger partial charge < -0.3 is 9.13 Å². The molecule has 13 nitrogen and oxygen atoms in total. The zero-order valence-corrected chi connectivity index (χ0v) is 48.2. The van der Waals surface area contributed by atoms with Gasteiger partial charge in [0, 0.05) is 38.2 Å². The molecule has 0 spiro atoms. The van der Waals surface area contributed by atoms with Crippen LogP contribution in [0, 0.1) is 102 Å². The van der Waals surface area contributed by atoms with Crippen LogP contribution in [-0.2, 0) is 0 Å². The first-order chi connectivity index (χ1) is 45.1. The number of rotatable bonds is 9. The lowest BCUT2D eigenvalue weighted by atomic mass is 9.97. The Morgan fingerprint density at radius 1 is 0.239 bits per heavy atom. The molecular weight excluding hydrogens is 1130 g/mol. The van der Waals surface area contributed by atoms with Crippen LogP contribution in [0.2, 0.25) is 0 Å². The number of nitrogens with zero attached hydrogens (tertiary/aromatic N) is 13. The van der Waals surface area contributed by atoms with Crippen molar-refractivity contribution in [1.82, 2.24) is 19.1 Å². The predicted octanol–water partition coefficient (Wildman–Crippen LogP) is 17.2. The average Bonchev–Trinajstić information content (AvgIpc) is 1.55. The van der Waals surface area contributed by atoms with Crippen LogP contribution in [0.5, 0.6) is 0 Å². The van der Waals surface area contributed by atoms with Gasteiger partial charge in [-0.2, -0.15) is 47.4 Å². The van der Waals surface area contributed by atoms with Crippen molar-refractivity contribution in [3.05, 3.63) is 275 Å². The molecule has 0 amide bonds. The van der Waals surface area contributed by atoms with E-state index in [1.54, 1.807) is 60.7 Å². The summed E-state index contributed by atoms with van der Waals surface area (Å²) in [5.41, 5.74) is 15.5. The molecule has 0 unspecified atom stereocenters. The van der Waals surface area contributed by atoms with E-state index in [9.17, 15) is 47.4 Å². The van der Waals surface area contributed by atoms with Gasteiger partial charge in [-0.1, -0.05) is 84.9 Å². The SMILES string of the molecule is N#Cc1cc(C#N)cc(-c2ccc3c(c2)c2cc(-c4cc(C#N)cc(C#N)c4)ccc2n3-c2cc(C#N)c(-c3nc(-c4ccccc4)cc(-c4ccccc4)n3)cc2-n2c3ccc(-c4cc(C#N)cc(C#N)c4)cc3c3cc(-c4cc(C#N)cc(C#N)c4)ccc32)c1. The average molecular weight is 1170 g/mol. The summed E-state index contributed by atoms with van der Waals surface area (Å²) in [5, 5.41) is 95.8. The largest absolute Gasteiger partial charge is 0.307 e. The molecule has 3 heterocycles. The van der Waals surface area contributed by atoms with Crippen LogP contribution in [0.25, 0.3) is 133 Å². The Morgan fingerprint density at radius 2 is 0.522 bits per heavy atom. The van der Waals surface area contributed by atoms with Crippen LogP contribution >= 0.6 is 0 Å². The van der Waals surface area contributed by atoms with Crippen molar-refractivity contribution in [1.29, 1.82) is 47.4 Å². The van der Waals surface area contributed by atoms with Crippen molar-refractivity contribution in [3.63, 3.8) is 0 Å². The predicted molar refractivity (Wildman–Crippen MR) is 351 cm³/mol. The smallest absolute Gasteiger partial charge is 0.161 e. The first-order valence-corrected chi connectivity index (χ1v) is 28.7. The fourth-order valence-electron chi connectivity index (χ4n) is 12.3. The highest BCUT2D eigenvalue weighted by atomic mass is 15.1. The topological polar surface area (TPSA) is 250 Å². The molecular formula is C79H37N13. The minimum Gasteiger partial charge on any atom is -0.307 e. The molecule has 0 aliphatic carbocycles. The Kier molecular flexibility index (Phi) is 13.7. The Hall–Kier alpha value is -14.5. The summed E-state index contributed by atoms with van der Waals surface area (Å²) in [7, 11) is 0. The molecule has 0 saturated carbocycles. The molecule has 3 aromatic heterocycles. The molecule has 0 saturated heterocycles. The third-order valence-electron chi connectivity index (χ3n) is 16.5. The lowest BCUT2D eigenvalue weighted by molar-refractivity contribution is 1.09. The quantitative estimate of drug-likeness (QED) is 0.131.